The van der Waals surface area contributed by atoms with Gasteiger partial charge in [-0.15, -0.1) is 0 Å². The van der Waals surface area contributed by atoms with Crippen LogP contribution in [0.15, 0.2) is 30.3 Å². The van der Waals surface area contributed by atoms with E-state index in [0.29, 0.717) is 12.6 Å². The molecule has 1 aromatic rings. The standard InChI is InChI=1S/C16H24N2O2/c1-16(2,3)20-15(19)18-11-9-14(17-10-12-18)13-7-5-4-6-8-13/h4-8,14,17H,9-12H2,1-3H3/t14-/m1/s1. The molecule has 1 amide bonds. The van der Waals surface area contributed by atoms with E-state index in [1.54, 1.807) is 4.90 Å². The average Bonchev–Trinajstić information content (AvgIpc) is 2.63. The third-order valence-corrected chi connectivity index (χ3v) is 3.31. The molecule has 0 aromatic heterocycles. The highest BCUT2D eigenvalue weighted by molar-refractivity contribution is 5.68. The van der Waals surface area contributed by atoms with Crippen LogP contribution >= 0.6 is 0 Å². The Balaban J connectivity index is 1.94. The van der Waals surface area contributed by atoms with Crippen molar-refractivity contribution < 1.29 is 9.53 Å². The molecule has 4 heteroatoms. The number of carbonyl (C=O) groups is 1. The monoisotopic (exact) mass is 276 g/mol. The van der Waals surface area contributed by atoms with Gasteiger partial charge in [-0.25, -0.2) is 4.79 Å². The van der Waals surface area contributed by atoms with Gasteiger partial charge in [0, 0.05) is 25.7 Å². The second-order valence-corrected chi connectivity index (χ2v) is 6.17. The molecule has 110 valence electrons. The van der Waals surface area contributed by atoms with Gasteiger partial charge in [0.15, 0.2) is 0 Å². The van der Waals surface area contributed by atoms with Crippen LogP contribution in [0, 0.1) is 0 Å². The van der Waals surface area contributed by atoms with Crippen molar-refractivity contribution in [2.45, 2.75) is 38.8 Å². The summed E-state index contributed by atoms with van der Waals surface area (Å²) in [7, 11) is 0. The molecule has 1 N–H and O–H groups in total. The fraction of sp³-hybridized carbons (Fsp3) is 0.562. The summed E-state index contributed by atoms with van der Waals surface area (Å²) in [6, 6.07) is 10.7. The molecule has 1 fully saturated rings. The zero-order chi connectivity index (χ0) is 14.6. The minimum absolute atomic E-state index is 0.215. The summed E-state index contributed by atoms with van der Waals surface area (Å²) in [5.74, 6) is 0. The van der Waals surface area contributed by atoms with Crippen LogP contribution in [0.2, 0.25) is 0 Å². The van der Waals surface area contributed by atoms with E-state index in [-0.39, 0.29) is 6.09 Å². The Morgan fingerprint density at radius 2 is 1.95 bits per heavy atom. The molecular weight excluding hydrogens is 252 g/mol. The molecule has 0 bridgehead atoms. The van der Waals surface area contributed by atoms with Crippen LogP contribution in [0.3, 0.4) is 0 Å². The first-order valence-corrected chi connectivity index (χ1v) is 7.22. The minimum Gasteiger partial charge on any atom is -0.444 e. The lowest BCUT2D eigenvalue weighted by Gasteiger charge is -2.26. The molecule has 0 aliphatic carbocycles. The first-order valence-electron chi connectivity index (χ1n) is 7.22. The molecule has 1 aliphatic heterocycles. The van der Waals surface area contributed by atoms with Gasteiger partial charge in [-0.1, -0.05) is 30.3 Å². The van der Waals surface area contributed by atoms with Crippen molar-refractivity contribution in [2.75, 3.05) is 19.6 Å². The Labute approximate surface area is 121 Å². The van der Waals surface area contributed by atoms with Gasteiger partial charge in [-0.05, 0) is 32.8 Å². The first-order chi connectivity index (χ1) is 9.46. The van der Waals surface area contributed by atoms with Crippen molar-refractivity contribution in [3.05, 3.63) is 35.9 Å². The Kier molecular flexibility index (Phi) is 4.65. The summed E-state index contributed by atoms with van der Waals surface area (Å²) in [5, 5.41) is 3.50. The van der Waals surface area contributed by atoms with Crippen molar-refractivity contribution in [1.82, 2.24) is 10.2 Å². The van der Waals surface area contributed by atoms with Crippen molar-refractivity contribution in [3.8, 4) is 0 Å². The van der Waals surface area contributed by atoms with Crippen molar-refractivity contribution in [2.24, 2.45) is 0 Å². The van der Waals surface area contributed by atoms with E-state index in [9.17, 15) is 4.79 Å². The highest BCUT2D eigenvalue weighted by Gasteiger charge is 2.25. The first kappa shape index (κ1) is 14.9. The number of carbonyl (C=O) groups excluding carboxylic acids is 1. The second-order valence-electron chi connectivity index (χ2n) is 6.17. The fourth-order valence-electron chi connectivity index (χ4n) is 2.35. The Morgan fingerprint density at radius 1 is 1.25 bits per heavy atom. The van der Waals surface area contributed by atoms with Crippen LogP contribution in [0.4, 0.5) is 4.79 Å². The molecular formula is C16H24N2O2. The van der Waals surface area contributed by atoms with Gasteiger partial charge in [0.05, 0.1) is 0 Å². The van der Waals surface area contributed by atoms with Gasteiger partial charge in [0.1, 0.15) is 5.60 Å². The van der Waals surface area contributed by atoms with E-state index in [0.717, 1.165) is 19.5 Å². The van der Waals surface area contributed by atoms with Crippen LogP contribution < -0.4 is 5.32 Å². The third-order valence-electron chi connectivity index (χ3n) is 3.31. The third kappa shape index (κ3) is 4.23. The molecule has 4 nitrogen and oxygen atoms in total. The maximum Gasteiger partial charge on any atom is 0.410 e. The van der Waals surface area contributed by atoms with E-state index >= 15 is 0 Å². The molecule has 1 aromatic carbocycles. The largest absolute Gasteiger partial charge is 0.444 e. The number of rotatable bonds is 1. The van der Waals surface area contributed by atoms with E-state index in [1.165, 1.54) is 5.56 Å². The summed E-state index contributed by atoms with van der Waals surface area (Å²) in [4.78, 5) is 13.9. The molecule has 1 saturated heterocycles. The molecule has 0 spiro atoms. The summed E-state index contributed by atoms with van der Waals surface area (Å²) in [5.41, 5.74) is 0.842. The number of nitrogens with one attached hydrogen (secondary N) is 1. The number of amides is 1. The predicted octanol–water partition coefficient (Wildman–Crippen LogP) is 2.96. The lowest BCUT2D eigenvalue weighted by Crippen LogP contribution is -2.38. The highest BCUT2D eigenvalue weighted by atomic mass is 16.6. The maximum absolute atomic E-state index is 12.1. The normalized spacial score (nSPS) is 20.4. The number of nitrogens with zero attached hydrogens (tertiary/aromatic N) is 1. The van der Waals surface area contributed by atoms with Crippen LogP contribution in [-0.4, -0.2) is 36.2 Å². The summed E-state index contributed by atoms with van der Waals surface area (Å²) >= 11 is 0. The average molecular weight is 276 g/mol. The van der Waals surface area contributed by atoms with Gasteiger partial charge in [-0.3, -0.25) is 0 Å². The van der Waals surface area contributed by atoms with Crippen LogP contribution in [0.25, 0.3) is 0 Å². The molecule has 1 atom stereocenters. The summed E-state index contributed by atoms with van der Waals surface area (Å²) in [6.45, 7) is 7.90. The predicted molar refractivity (Wildman–Crippen MR) is 79.6 cm³/mol. The molecule has 1 aliphatic rings. The smallest absolute Gasteiger partial charge is 0.410 e. The van der Waals surface area contributed by atoms with Crippen LogP contribution in [0.1, 0.15) is 38.8 Å². The molecule has 20 heavy (non-hydrogen) atoms. The van der Waals surface area contributed by atoms with Gasteiger partial charge in [-0.2, -0.15) is 0 Å². The SMILES string of the molecule is CC(C)(C)OC(=O)N1CCN[C@@H](c2ccccc2)CC1. The summed E-state index contributed by atoms with van der Waals surface area (Å²) in [6.07, 6.45) is 0.691. The van der Waals surface area contributed by atoms with Gasteiger partial charge < -0.3 is 15.0 Å². The lowest BCUT2D eigenvalue weighted by molar-refractivity contribution is 0.0261. The van der Waals surface area contributed by atoms with Crippen LogP contribution in [0.5, 0.6) is 0 Å². The molecule has 0 saturated carbocycles. The quantitative estimate of drug-likeness (QED) is 0.857. The molecule has 2 rings (SSSR count). The Bertz CT molecular complexity index is 440. The topological polar surface area (TPSA) is 41.6 Å². The lowest BCUT2D eigenvalue weighted by atomic mass is 10.0. The minimum atomic E-state index is -0.435. The van der Waals surface area contributed by atoms with Gasteiger partial charge >= 0.3 is 6.09 Å². The van der Waals surface area contributed by atoms with E-state index in [4.69, 9.17) is 4.74 Å². The number of hydrogen-bond donors (Lipinski definition) is 1. The van der Waals surface area contributed by atoms with Crippen molar-refractivity contribution >= 4 is 6.09 Å². The molecule has 1 heterocycles. The van der Waals surface area contributed by atoms with Crippen molar-refractivity contribution in [1.29, 1.82) is 0 Å². The number of ether oxygens (including phenoxy) is 1. The van der Waals surface area contributed by atoms with E-state index < -0.39 is 5.60 Å². The fourth-order valence-corrected chi connectivity index (χ4v) is 2.35. The maximum atomic E-state index is 12.1. The highest BCUT2D eigenvalue weighted by Crippen LogP contribution is 2.20. The van der Waals surface area contributed by atoms with Crippen LogP contribution in [-0.2, 0) is 4.74 Å². The molecule has 0 radical (unpaired) electrons. The zero-order valence-electron chi connectivity index (χ0n) is 12.6. The molecule has 0 unspecified atom stereocenters. The number of benzene rings is 1. The second kappa shape index (κ2) is 6.27. The van der Waals surface area contributed by atoms with E-state index in [2.05, 4.69) is 17.4 Å². The van der Waals surface area contributed by atoms with Gasteiger partial charge in [0.2, 0.25) is 0 Å². The number of hydrogen-bond acceptors (Lipinski definition) is 3. The van der Waals surface area contributed by atoms with Crippen molar-refractivity contribution in [3.63, 3.8) is 0 Å². The Hall–Kier alpha value is -1.55. The van der Waals surface area contributed by atoms with Gasteiger partial charge in [0.25, 0.3) is 0 Å². The Morgan fingerprint density at radius 3 is 2.60 bits per heavy atom. The zero-order valence-corrected chi connectivity index (χ0v) is 12.6. The summed E-state index contributed by atoms with van der Waals surface area (Å²) < 4.78 is 5.43. The van der Waals surface area contributed by atoms with E-state index in [1.807, 2.05) is 39.0 Å².